The van der Waals surface area contributed by atoms with Crippen molar-refractivity contribution in [2.45, 2.75) is 43.0 Å². The molecule has 162 valence electrons. The molecule has 0 unspecified atom stereocenters. The van der Waals surface area contributed by atoms with Crippen LogP contribution in [0.25, 0.3) is 0 Å². The average Bonchev–Trinajstić information content (AvgIpc) is 2.70. The van der Waals surface area contributed by atoms with Crippen LogP contribution in [0, 0.1) is 0 Å². The van der Waals surface area contributed by atoms with E-state index in [2.05, 4.69) is 14.5 Å². The Labute approximate surface area is 176 Å². The number of rotatable bonds is 5. The molecule has 6 nitrogen and oxygen atoms in total. The van der Waals surface area contributed by atoms with Gasteiger partial charge in [-0.15, -0.1) is 0 Å². The number of halogens is 4. The minimum Gasteiger partial charge on any atom is -0.495 e. The fraction of sp³-hybridized carbons (Fsp3) is 0.421. The molecule has 0 saturated heterocycles. The van der Waals surface area contributed by atoms with E-state index < -0.39 is 21.5 Å². The molecule has 0 aliphatic heterocycles. The third kappa shape index (κ3) is 3.66. The Kier molecular flexibility index (Phi) is 5.26. The summed E-state index contributed by atoms with van der Waals surface area (Å²) < 4.78 is 71.3. The van der Waals surface area contributed by atoms with Crippen LogP contribution in [-0.2, 0) is 10.1 Å². The molecule has 30 heavy (non-hydrogen) atoms. The summed E-state index contributed by atoms with van der Waals surface area (Å²) in [5.41, 5.74) is -3.07. The summed E-state index contributed by atoms with van der Waals surface area (Å²) in [6.45, 7) is 0. The van der Waals surface area contributed by atoms with Crippen molar-refractivity contribution >= 4 is 33.1 Å². The topological polar surface area (TPSA) is 77.5 Å². The van der Waals surface area contributed by atoms with E-state index in [9.17, 15) is 21.6 Å². The van der Waals surface area contributed by atoms with Crippen LogP contribution in [0.15, 0.2) is 24.4 Å². The third-order valence-corrected chi connectivity index (χ3v) is 6.82. The summed E-state index contributed by atoms with van der Waals surface area (Å²) >= 11 is 6.05. The molecule has 0 amide bonds. The van der Waals surface area contributed by atoms with E-state index in [-0.39, 0.29) is 11.8 Å². The highest BCUT2D eigenvalue weighted by molar-refractivity contribution is 7.87. The molecule has 1 saturated carbocycles. The fourth-order valence-corrected chi connectivity index (χ4v) is 4.87. The summed E-state index contributed by atoms with van der Waals surface area (Å²) in [7, 11) is -4.31. The summed E-state index contributed by atoms with van der Waals surface area (Å²) in [4.78, 5) is 3.94. The molecule has 1 heterocycles. The first-order chi connectivity index (χ1) is 14.1. The summed E-state index contributed by atoms with van der Waals surface area (Å²) in [6, 6.07) is 5.08. The highest BCUT2D eigenvalue weighted by Gasteiger charge is 2.50. The highest BCUT2D eigenvalue weighted by Crippen LogP contribution is 2.54. The van der Waals surface area contributed by atoms with E-state index in [1.165, 1.54) is 13.3 Å². The number of hydrogen-bond acceptors (Lipinski definition) is 6. The molecular weight excluding hydrogens is 445 g/mol. The summed E-state index contributed by atoms with van der Waals surface area (Å²) in [5, 5.41) is 3.64. The number of nitrogens with zero attached hydrogens (tertiary/aromatic N) is 1. The first-order valence-corrected chi connectivity index (χ1v) is 11.0. The molecule has 0 radical (unpaired) electrons. The van der Waals surface area contributed by atoms with Gasteiger partial charge in [-0.05, 0) is 55.2 Å². The van der Waals surface area contributed by atoms with Crippen LogP contribution in [0.2, 0.25) is 5.02 Å². The molecule has 3 aliphatic carbocycles. The molecule has 0 spiro atoms. The van der Waals surface area contributed by atoms with Gasteiger partial charge in [0.15, 0.2) is 0 Å². The van der Waals surface area contributed by atoms with E-state index >= 15 is 0 Å². The maximum Gasteiger partial charge on any atom is 0.534 e. The molecule has 1 aromatic heterocycles. The second-order valence-electron chi connectivity index (χ2n) is 7.31. The maximum atomic E-state index is 12.8. The Morgan fingerprint density at radius 3 is 2.37 bits per heavy atom. The number of pyridine rings is 1. The number of benzene rings is 1. The first kappa shape index (κ1) is 21.0. The number of nitrogens with one attached hydrogen (secondary N) is 1. The van der Waals surface area contributed by atoms with Crippen molar-refractivity contribution in [3.8, 4) is 11.6 Å². The van der Waals surface area contributed by atoms with Crippen molar-refractivity contribution < 1.29 is 30.5 Å². The molecule has 1 fully saturated rings. The lowest BCUT2D eigenvalue weighted by Crippen LogP contribution is -2.30. The van der Waals surface area contributed by atoms with E-state index in [4.69, 9.17) is 16.3 Å². The number of methoxy groups -OCH3 is 1. The van der Waals surface area contributed by atoms with Crippen LogP contribution in [-0.4, -0.2) is 26.0 Å². The van der Waals surface area contributed by atoms with Crippen LogP contribution < -0.4 is 14.2 Å². The van der Waals surface area contributed by atoms with Crippen molar-refractivity contribution in [1.29, 1.82) is 0 Å². The number of hydrogen-bond donors (Lipinski definition) is 1. The summed E-state index contributed by atoms with van der Waals surface area (Å²) in [5.74, 6) is -0.0460. The molecule has 11 heteroatoms. The van der Waals surface area contributed by atoms with Gasteiger partial charge >= 0.3 is 15.6 Å². The molecule has 0 atom stereocenters. The Morgan fingerprint density at radius 1 is 1.13 bits per heavy atom. The van der Waals surface area contributed by atoms with Gasteiger partial charge in [0, 0.05) is 17.3 Å². The number of ether oxygens (including phenoxy) is 1. The van der Waals surface area contributed by atoms with Crippen LogP contribution in [0.3, 0.4) is 0 Å². The van der Waals surface area contributed by atoms with E-state index in [1.54, 1.807) is 18.2 Å². The maximum absolute atomic E-state index is 12.8. The lowest BCUT2D eigenvalue weighted by molar-refractivity contribution is -0.0501. The smallest absolute Gasteiger partial charge is 0.495 e. The second-order valence-corrected chi connectivity index (χ2v) is 9.26. The van der Waals surface area contributed by atoms with Gasteiger partial charge in [-0.3, -0.25) is 0 Å². The average molecular weight is 463 g/mol. The predicted molar refractivity (Wildman–Crippen MR) is 105 cm³/mol. The van der Waals surface area contributed by atoms with Gasteiger partial charge in [0.25, 0.3) is 0 Å². The van der Waals surface area contributed by atoms with E-state index in [0.717, 1.165) is 31.2 Å². The zero-order chi connectivity index (χ0) is 21.7. The number of anilines is 2. The quantitative estimate of drug-likeness (QED) is 0.469. The monoisotopic (exact) mass is 462 g/mol. The van der Waals surface area contributed by atoms with Crippen molar-refractivity contribution in [3.05, 3.63) is 40.5 Å². The zero-order valence-electron chi connectivity index (χ0n) is 15.8. The molecule has 3 aliphatic rings. The van der Waals surface area contributed by atoms with Crippen molar-refractivity contribution in [1.82, 2.24) is 4.98 Å². The van der Waals surface area contributed by atoms with Crippen molar-refractivity contribution in [2.75, 3.05) is 12.4 Å². The molecule has 2 aromatic rings. The third-order valence-electron chi connectivity index (χ3n) is 5.57. The minimum absolute atomic E-state index is 0.0839. The van der Waals surface area contributed by atoms with Gasteiger partial charge in [0.1, 0.15) is 5.75 Å². The standard InChI is InChI=1S/C19H18ClF3N2O4S/c1-28-15-8-12(6-7-13(15)20)25-14-9-24-18(29-30(26,27)19(21,22)23)17-11-4-2-10(3-5-11)16(14)17/h6-11,25H,2-5H2,1H3. The van der Waals surface area contributed by atoms with Crippen LogP contribution in [0.5, 0.6) is 11.6 Å². The fourth-order valence-electron chi connectivity index (χ4n) is 4.24. The Balaban J connectivity index is 1.77. The normalized spacial score (nSPS) is 20.6. The largest absolute Gasteiger partial charge is 0.534 e. The van der Waals surface area contributed by atoms with Gasteiger partial charge in [-0.25, -0.2) is 4.98 Å². The number of alkyl halides is 3. The van der Waals surface area contributed by atoms with Crippen molar-refractivity contribution in [2.24, 2.45) is 0 Å². The molecule has 5 rings (SSSR count). The summed E-state index contributed by atoms with van der Waals surface area (Å²) in [6.07, 6.45) is 4.54. The lowest BCUT2D eigenvalue weighted by atomic mass is 9.67. The van der Waals surface area contributed by atoms with Gasteiger partial charge in [0.2, 0.25) is 5.88 Å². The van der Waals surface area contributed by atoms with E-state index in [1.807, 2.05) is 0 Å². The van der Waals surface area contributed by atoms with Crippen LogP contribution in [0.1, 0.15) is 48.6 Å². The van der Waals surface area contributed by atoms with Crippen LogP contribution >= 0.6 is 11.6 Å². The second kappa shape index (κ2) is 7.49. The van der Waals surface area contributed by atoms with Gasteiger partial charge in [-0.2, -0.15) is 21.6 Å². The van der Waals surface area contributed by atoms with Crippen LogP contribution in [0.4, 0.5) is 24.5 Å². The van der Waals surface area contributed by atoms with Gasteiger partial charge in [0.05, 0.1) is 24.0 Å². The van der Waals surface area contributed by atoms with Gasteiger partial charge in [-0.1, -0.05) is 11.6 Å². The highest BCUT2D eigenvalue weighted by atomic mass is 35.5. The Morgan fingerprint density at radius 2 is 1.77 bits per heavy atom. The molecule has 1 aromatic carbocycles. The minimum atomic E-state index is -5.80. The molecular formula is C19H18ClF3N2O4S. The Hall–Kier alpha value is -2.20. The zero-order valence-corrected chi connectivity index (χ0v) is 17.4. The number of aromatic nitrogens is 1. The van der Waals surface area contributed by atoms with Gasteiger partial charge < -0.3 is 14.2 Å². The molecule has 1 N–H and O–H groups in total. The molecule has 2 bridgehead atoms. The SMILES string of the molecule is COc1cc(Nc2cnc(OS(=O)(=O)C(F)(F)F)c3c2C2CCC3CC2)ccc1Cl. The first-order valence-electron chi connectivity index (χ1n) is 9.25. The lowest BCUT2D eigenvalue weighted by Gasteiger charge is -2.39. The predicted octanol–water partition coefficient (Wildman–Crippen LogP) is 5.47. The Bertz CT molecular complexity index is 1080. The number of fused-ring (bicyclic) bond motifs is 2. The van der Waals surface area contributed by atoms with E-state index in [0.29, 0.717) is 27.7 Å². The van der Waals surface area contributed by atoms with Crippen molar-refractivity contribution in [3.63, 3.8) is 0 Å².